The maximum atomic E-state index is 13.6. The number of β-lactam (4-membered cyclic amide) rings is 1. The molecule has 0 aliphatic carbocycles. The topological polar surface area (TPSA) is 111 Å². The molecule has 3 atom stereocenters. The minimum absolute atomic E-state index is 0.128. The second kappa shape index (κ2) is 7.80. The molecule has 2 fully saturated rings. The number of hydrogen-bond acceptors (Lipinski definition) is 7. The van der Waals surface area contributed by atoms with E-state index in [9.17, 15) is 18.0 Å². The van der Waals surface area contributed by atoms with Crippen molar-refractivity contribution in [3.63, 3.8) is 0 Å². The standard InChI is InChI=1S/C23H22N4O5S/c1-23(15-26-13-12-24-25-26)21(27-18(28)14-19(27)33(23,30)31)22(29)32-20(16-8-4-2-5-9-16)17-10-6-3-7-11-17/h2-13,19-21H,14-15H2,1H3/t19-,21+,23+/m1/s1. The number of rotatable bonds is 6. The van der Waals surface area contributed by atoms with E-state index in [0.717, 1.165) is 16.0 Å². The first-order valence-corrected chi connectivity index (χ1v) is 12.1. The molecule has 2 aromatic carbocycles. The van der Waals surface area contributed by atoms with E-state index in [4.69, 9.17) is 4.74 Å². The Hall–Kier alpha value is -3.53. The highest BCUT2D eigenvalue weighted by Crippen LogP contribution is 2.47. The molecule has 9 nitrogen and oxygen atoms in total. The van der Waals surface area contributed by atoms with Crippen molar-refractivity contribution in [2.24, 2.45) is 0 Å². The van der Waals surface area contributed by atoms with Gasteiger partial charge in [0, 0.05) is 6.20 Å². The number of nitrogens with zero attached hydrogens (tertiary/aromatic N) is 4. The first-order valence-electron chi connectivity index (χ1n) is 10.5. The molecule has 33 heavy (non-hydrogen) atoms. The predicted octanol–water partition coefficient (Wildman–Crippen LogP) is 1.72. The van der Waals surface area contributed by atoms with Crippen molar-refractivity contribution in [1.82, 2.24) is 19.9 Å². The average molecular weight is 467 g/mol. The van der Waals surface area contributed by atoms with Gasteiger partial charge in [0.2, 0.25) is 5.91 Å². The molecule has 3 heterocycles. The van der Waals surface area contributed by atoms with Gasteiger partial charge in [-0.05, 0) is 18.1 Å². The maximum absolute atomic E-state index is 13.6. The lowest BCUT2D eigenvalue weighted by molar-refractivity contribution is -0.164. The summed E-state index contributed by atoms with van der Waals surface area (Å²) in [6, 6.07) is 17.1. The van der Waals surface area contributed by atoms with Crippen LogP contribution in [-0.2, 0) is 30.7 Å². The van der Waals surface area contributed by atoms with Crippen LogP contribution in [-0.4, -0.2) is 56.4 Å². The van der Waals surface area contributed by atoms with Crippen molar-refractivity contribution in [2.75, 3.05) is 0 Å². The van der Waals surface area contributed by atoms with Gasteiger partial charge in [-0.1, -0.05) is 65.9 Å². The van der Waals surface area contributed by atoms with Gasteiger partial charge in [0.25, 0.3) is 0 Å². The molecule has 3 aromatic rings. The van der Waals surface area contributed by atoms with Crippen LogP contribution in [0, 0.1) is 0 Å². The molecule has 0 radical (unpaired) electrons. The van der Waals surface area contributed by atoms with Gasteiger partial charge in [-0.2, -0.15) is 0 Å². The summed E-state index contributed by atoms with van der Waals surface area (Å²) in [4.78, 5) is 27.2. The molecule has 1 amide bonds. The fraction of sp³-hybridized carbons (Fsp3) is 0.304. The van der Waals surface area contributed by atoms with E-state index in [1.165, 1.54) is 24.0 Å². The maximum Gasteiger partial charge on any atom is 0.331 e. The van der Waals surface area contributed by atoms with Crippen molar-refractivity contribution >= 4 is 21.7 Å². The molecular weight excluding hydrogens is 444 g/mol. The number of benzene rings is 2. The van der Waals surface area contributed by atoms with Gasteiger partial charge in [-0.25, -0.2) is 13.2 Å². The molecule has 0 N–H and O–H groups in total. The normalized spacial score (nSPS) is 25.5. The third kappa shape index (κ3) is 3.32. The number of hydrogen-bond donors (Lipinski definition) is 0. The van der Waals surface area contributed by atoms with E-state index in [1.807, 2.05) is 60.7 Å². The molecule has 0 saturated carbocycles. The second-order valence-corrected chi connectivity index (χ2v) is 11.0. The minimum atomic E-state index is -3.88. The van der Waals surface area contributed by atoms with Gasteiger partial charge in [-0.3, -0.25) is 9.48 Å². The molecule has 1 aromatic heterocycles. The monoisotopic (exact) mass is 466 g/mol. The summed E-state index contributed by atoms with van der Waals surface area (Å²) in [5.74, 6) is -1.15. The molecular formula is C23H22N4O5S. The van der Waals surface area contributed by atoms with Crippen LogP contribution in [0.1, 0.15) is 30.6 Å². The highest BCUT2D eigenvalue weighted by atomic mass is 32.2. The molecule has 2 aliphatic heterocycles. The summed E-state index contributed by atoms with van der Waals surface area (Å²) in [6.07, 6.45) is 2.06. The second-order valence-electron chi connectivity index (χ2n) is 8.46. The number of amides is 1. The van der Waals surface area contributed by atoms with E-state index in [2.05, 4.69) is 10.3 Å². The van der Waals surface area contributed by atoms with Crippen LogP contribution in [0.25, 0.3) is 0 Å². The number of carbonyl (C=O) groups is 2. The van der Waals surface area contributed by atoms with Crippen LogP contribution in [0.4, 0.5) is 0 Å². The fourth-order valence-electron chi connectivity index (χ4n) is 4.67. The summed E-state index contributed by atoms with van der Waals surface area (Å²) in [5.41, 5.74) is 1.48. The Morgan fingerprint density at radius 2 is 1.73 bits per heavy atom. The summed E-state index contributed by atoms with van der Waals surface area (Å²) < 4.78 is 32.6. The number of sulfone groups is 1. The van der Waals surface area contributed by atoms with Gasteiger partial charge >= 0.3 is 5.97 Å². The van der Waals surface area contributed by atoms with Crippen LogP contribution < -0.4 is 0 Å². The highest BCUT2D eigenvalue weighted by Gasteiger charge is 2.70. The Morgan fingerprint density at radius 1 is 1.12 bits per heavy atom. The first kappa shape index (κ1) is 21.3. The average Bonchev–Trinajstić information content (AvgIpc) is 3.36. The molecule has 2 saturated heterocycles. The van der Waals surface area contributed by atoms with E-state index >= 15 is 0 Å². The number of aromatic nitrogens is 3. The number of fused-ring (bicyclic) bond motifs is 1. The summed E-state index contributed by atoms with van der Waals surface area (Å²) >= 11 is 0. The number of ether oxygens (including phenoxy) is 1. The zero-order valence-corrected chi connectivity index (χ0v) is 18.6. The van der Waals surface area contributed by atoms with E-state index < -0.39 is 38.1 Å². The van der Waals surface area contributed by atoms with Gasteiger partial charge in [0.05, 0.1) is 19.2 Å². The number of carbonyl (C=O) groups excluding carboxylic acids is 2. The molecule has 2 aliphatic rings. The smallest absolute Gasteiger partial charge is 0.331 e. The first-order chi connectivity index (χ1) is 15.8. The van der Waals surface area contributed by atoms with Crippen LogP contribution in [0.2, 0.25) is 0 Å². The highest BCUT2D eigenvalue weighted by molar-refractivity contribution is 7.93. The largest absolute Gasteiger partial charge is 0.451 e. The SMILES string of the molecule is C[C@]1(Cn2ccnn2)[C@H](C(=O)OC(c2ccccc2)c2ccccc2)N2C(=O)C[C@H]2S1(=O)=O. The third-order valence-electron chi connectivity index (χ3n) is 6.42. The van der Waals surface area contributed by atoms with Gasteiger partial charge in [-0.15, -0.1) is 5.10 Å². The van der Waals surface area contributed by atoms with Gasteiger partial charge in [0.1, 0.15) is 10.1 Å². The molecule has 0 bridgehead atoms. The van der Waals surface area contributed by atoms with Gasteiger partial charge < -0.3 is 9.64 Å². The van der Waals surface area contributed by atoms with Crippen LogP contribution in [0.5, 0.6) is 0 Å². The zero-order chi connectivity index (χ0) is 23.2. The Bertz CT molecular complexity index is 1240. The van der Waals surface area contributed by atoms with Crippen molar-refractivity contribution in [1.29, 1.82) is 0 Å². The van der Waals surface area contributed by atoms with Crippen molar-refractivity contribution in [3.05, 3.63) is 84.2 Å². The minimum Gasteiger partial charge on any atom is -0.451 e. The molecule has 170 valence electrons. The van der Waals surface area contributed by atoms with Crippen molar-refractivity contribution in [3.8, 4) is 0 Å². The van der Waals surface area contributed by atoms with Crippen molar-refractivity contribution < 1.29 is 22.7 Å². The third-order valence-corrected chi connectivity index (χ3v) is 9.18. The fourth-order valence-corrected chi connectivity index (χ4v) is 7.03. The Balaban J connectivity index is 1.54. The van der Waals surface area contributed by atoms with Crippen LogP contribution in [0.3, 0.4) is 0 Å². The quantitative estimate of drug-likeness (QED) is 0.402. The van der Waals surface area contributed by atoms with Crippen molar-refractivity contribution in [2.45, 2.75) is 42.2 Å². The molecule has 5 rings (SSSR count). The number of esters is 1. The summed E-state index contributed by atoms with van der Waals surface area (Å²) in [5, 5.41) is 6.57. The lowest BCUT2D eigenvalue weighted by Crippen LogP contribution is -2.58. The molecule has 0 unspecified atom stereocenters. The molecule has 10 heteroatoms. The zero-order valence-electron chi connectivity index (χ0n) is 17.8. The van der Waals surface area contributed by atoms with E-state index in [0.29, 0.717) is 0 Å². The Kier molecular flexibility index (Phi) is 5.04. The predicted molar refractivity (Wildman–Crippen MR) is 117 cm³/mol. The summed E-state index contributed by atoms with van der Waals surface area (Å²) in [7, 11) is -3.88. The van der Waals surface area contributed by atoms with Crippen LogP contribution >= 0.6 is 0 Å². The lowest BCUT2D eigenvalue weighted by atomic mass is 9.95. The van der Waals surface area contributed by atoms with Gasteiger partial charge in [0.15, 0.2) is 22.0 Å². The molecule has 0 spiro atoms. The van der Waals surface area contributed by atoms with E-state index in [1.54, 1.807) is 0 Å². The Labute approximate surface area is 190 Å². The van der Waals surface area contributed by atoms with Crippen LogP contribution in [0.15, 0.2) is 73.1 Å². The summed E-state index contributed by atoms with van der Waals surface area (Å²) in [6.45, 7) is 1.35. The Morgan fingerprint density at radius 3 is 2.24 bits per heavy atom. The van der Waals surface area contributed by atoms with E-state index in [-0.39, 0.29) is 18.9 Å². The lowest BCUT2D eigenvalue weighted by Gasteiger charge is -2.37.